The number of benzene rings is 4. The van der Waals surface area contributed by atoms with Gasteiger partial charge in [0.25, 0.3) is 0 Å². The Balaban J connectivity index is 1.44. The van der Waals surface area contributed by atoms with E-state index in [1.165, 1.54) is 0 Å². The van der Waals surface area contributed by atoms with Crippen LogP contribution in [0.4, 0.5) is 11.4 Å². The molecule has 212 valence electrons. The van der Waals surface area contributed by atoms with Crippen LogP contribution in [0.1, 0.15) is 38.8 Å². The molecular weight excluding hydrogens is 564 g/mol. The molecule has 7 nitrogen and oxygen atoms in total. The number of allylic oxidation sites excluding steroid dienone is 1. The minimum Gasteiger partial charge on any atom is -0.454 e. The summed E-state index contributed by atoms with van der Waals surface area (Å²) in [5, 5.41) is 3.35. The molecule has 4 aliphatic heterocycles. The summed E-state index contributed by atoms with van der Waals surface area (Å²) in [7, 11) is 0. The van der Waals surface area contributed by atoms with E-state index in [1.54, 1.807) is 42.5 Å². The molecule has 0 radical (unpaired) electrons. The number of amides is 1. The summed E-state index contributed by atoms with van der Waals surface area (Å²) in [4.78, 5) is 46.4. The minimum atomic E-state index is -1.42. The van der Waals surface area contributed by atoms with Gasteiger partial charge in [-0.15, -0.1) is 0 Å². The molecule has 1 saturated heterocycles. The lowest BCUT2D eigenvalue weighted by Gasteiger charge is -2.39. The number of nitrogens with one attached hydrogen (secondary N) is 1. The molecule has 4 aliphatic rings. The van der Waals surface area contributed by atoms with Gasteiger partial charge in [0.2, 0.25) is 12.7 Å². The van der Waals surface area contributed by atoms with Gasteiger partial charge in [-0.25, -0.2) is 0 Å². The fourth-order valence-corrected chi connectivity index (χ4v) is 7.67. The standard InChI is InChI=1S/C35H25ClN2O5/c1-19-16-29-35(23-10-4-6-12-25(23)37-34(35)41)30(32(39)20-14-15-27-28(17-20)43-18-42-27)31(33(40)22-9-2-5-11-24(22)36)38(29)26-13-7-3-8-21(19)26/h2-17,29-31H,18H2,1H3,(H,37,41). The van der Waals surface area contributed by atoms with E-state index in [2.05, 4.69) is 5.32 Å². The van der Waals surface area contributed by atoms with E-state index < -0.39 is 23.4 Å². The van der Waals surface area contributed by atoms with Crippen molar-refractivity contribution in [2.45, 2.75) is 24.4 Å². The van der Waals surface area contributed by atoms with Crippen LogP contribution in [0, 0.1) is 5.92 Å². The van der Waals surface area contributed by atoms with Crippen molar-refractivity contribution in [2.24, 2.45) is 5.92 Å². The molecule has 4 unspecified atom stereocenters. The maximum atomic E-state index is 15.0. The molecule has 1 fully saturated rings. The van der Waals surface area contributed by atoms with Gasteiger partial charge in [-0.1, -0.05) is 66.2 Å². The number of Topliss-reactive ketones (excluding diaryl/α,β-unsaturated/α-hetero) is 2. The number of ether oxygens (including phenoxy) is 2. The number of rotatable bonds is 4. The lowest BCUT2D eigenvalue weighted by molar-refractivity contribution is -0.121. The Kier molecular flexibility index (Phi) is 5.59. The van der Waals surface area contributed by atoms with Crippen molar-refractivity contribution in [3.63, 3.8) is 0 Å². The van der Waals surface area contributed by atoms with Crippen LogP contribution in [0.5, 0.6) is 11.5 Å². The lowest BCUT2D eigenvalue weighted by atomic mass is 9.64. The smallest absolute Gasteiger partial charge is 0.238 e. The van der Waals surface area contributed by atoms with Crippen molar-refractivity contribution in [3.8, 4) is 11.5 Å². The summed E-state index contributed by atoms with van der Waals surface area (Å²) in [6.45, 7) is 2.06. The third-order valence-electron chi connectivity index (χ3n) is 9.23. The Morgan fingerprint density at radius 1 is 0.907 bits per heavy atom. The number of hydrogen-bond acceptors (Lipinski definition) is 6. The Labute approximate surface area is 252 Å². The first-order chi connectivity index (χ1) is 20.9. The van der Waals surface area contributed by atoms with Crippen molar-refractivity contribution in [1.82, 2.24) is 0 Å². The maximum absolute atomic E-state index is 15.0. The maximum Gasteiger partial charge on any atom is 0.238 e. The zero-order valence-corrected chi connectivity index (χ0v) is 23.8. The predicted octanol–water partition coefficient (Wildman–Crippen LogP) is 6.31. The molecule has 8 heteroatoms. The number of hydrogen-bond donors (Lipinski definition) is 1. The van der Waals surface area contributed by atoms with Crippen LogP contribution in [0.3, 0.4) is 0 Å². The zero-order valence-electron chi connectivity index (χ0n) is 23.0. The van der Waals surface area contributed by atoms with E-state index in [0.717, 1.165) is 16.8 Å². The number of carbonyl (C=O) groups is 3. The number of fused-ring (bicyclic) bond motifs is 7. The molecule has 4 aromatic rings. The number of halogens is 1. The Hall–Kier alpha value is -4.88. The molecule has 4 heterocycles. The van der Waals surface area contributed by atoms with Crippen LogP contribution in [0.2, 0.25) is 5.02 Å². The highest BCUT2D eigenvalue weighted by atomic mass is 35.5. The summed E-state index contributed by atoms with van der Waals surface area (Å²) in [6, 6.07) is 25.4. The number of anilines is 2. The van der Waals surface area contributed by atoms with Crippen LogP contribution in [-0.2, 0) is 10.2 Å². The zero-order chi connectivity index (χ0) is 29.5. The minimum absolute atomic E-state index is 0.0560. The Morgan fingerprint density at radius 2 is 1.65 bits per heavy atom. The fraction of sp³-hybridized carbons (Fsp3) is 0.171. The van der Waals surface area contributed by atoms with Crippen molar-refractivity contribution in [2.75, 3.05) is 17.0 Å². The average Bonchev–Trinajstić information content (AvgIpc) is 3.70. The van der Waals surface area contributed by atoms with Crippen molar-refractivity contribution < 1.29 is 23.9 Å². The van der Waals surface area contributed by atoms with Crippen LogP contribution in [0.15, 0.2) is 97.1 Å². The quantitative estimate of drug-likeness (QED) is 0.281. The third kappa shape index (κ3) is 3.45. The van der Waals surface area contributed by atoms with Crippen LogP contribution < -0.4 is 19.7 Å². The van der Waals surface area contributed by atoms with Crippen LogP contribution >= 0.6 is 11.6 Å². The molecule has 43 heavy (non-hydrogen) atoms. The summed E-state index contributed by atoms with van der Waals surface area (Å²) in [5.74, 6) is -1.11. The summed E-state index contributed by atoms with van der Waals surface area (Å²) in [5.41, 5.74) is 3.22. The molecule has 0 aromatic heterocycles. The normalized spacial score (nSPS) is 24.2. The lowest BCUT2D eigenvalue weighted by Crippen LogP contribution is -2.51. The first kappa shape index (κ1) is 25.8. The second-order valence-corrected chi connectivity index (χ2v) is 11.7. The highest BCUT2D eigenvalue weighted by Gasteiger charge is 2.70. The van der Waals surface area contributed by atoms with E-state index in [4.69, 9.17) is 21.1 Å². The molecule has 1 amide bonds. The molecule has 4 atom stereocenters. The molecule has 0 saturated carbocycles. The summed E-state index contributed by atoms with van der Waals surface area (Å²) < 4.78 is 11.1. The Morgan fingerprint density at radius 3 is 2.51 bits per heavy atom. The number of nitrogens with zero attached hydrogens (tertiary/aromatic N) is 1. The first-order valence-electron chi connectivity index (χ1n) is 14.1. The molecule has 1 spiro atoms. The van der Waals surface area contributed by atoms with E-state index in [1.807, 2.05) is 66.4 Å². The molecule has 8 rings (SSSR count). The van der Waals surface area contributed by atoms with E-state index >= 15 is 4.79 Å². The first-order valence-corrected chi connectivity index (χ1v) is 14.5. The van der Waals surface area contributed by atoms with Gasteiger partial charge in [0, 0.05) is 28.1 Å². The molecule has 0 aliphatic carbocycles. The van der Waals surface area contributed by atoms with Gasteiger partial charge in [-0.3, -0.25) is 14.4 Å². The summed E-state index contributed by atoms with van der Waals surface area (Å²) >= 11 is 6.62. The molecule has 0 bridgehead atoms. The van der Waals surface area contributed by atoms with Gasteiger partial charge in [-0.2, -0.15) is 0 Å². The molecule has 4 aromatic carbocycles. The highest BCUT2D eigenvalue weighted by Crippen LogP contribution is 2.59. The SMILES string of the molecule is CC1=CC2N(c3ccccc31)C(C(=O)c1ccccc1Cl)C(C(=O)c1ccc3c(c1)OCO3)C21C(=O)Nc2ccccc21. The largest absolute Gasteiger partial charge is 0.454 e. The van der Waals surface area contributed by atoms with Crippen molar-refractivity contribution in [1.29, 1.82) is 0 Å². The second kappa shape index (κ2) is 9.31. The topological polar surface area (TPSA) is 84.9 Å². The second-order valence-electron chi connectivity index (χ2n) is 11.3. The number of ketones is 2. The van der Waals surface area contributed by atoms with Crippen LogP contribution in [-0.4, -0.2) is 36.4 Å². The summed E-state index contributed by atoms with van der Waals surface area (Å²) in [6.07, 6.45) is 2.03. The van der Waals surface area contributed by atoms with Crippen molar-refractivity contribution in [3.05, 3.63) is 124 Å². The van der Waals surface area contributed by atoms with Crippen LogP contribution in [0.25, 0.3) is 5.57 Å². The number of carbonyl (C=O) groups excluding carboxylic acids is 3. The predicted molar refractivity (Wildman–Crippen MR) is 163 cm³/mol. The average molecular weight is 589 g/mol. The van der Waals surface area contributed by atoms with E-state index in [9.17, 15) is 9.59 Å². The van der Waals surface area contributed by atoms with E-state index in [0.29, 0.717) is 33.9 Å². The van der Waals surface area contributed by atoms with Gasteiger partial charge in [0.1, 0.15) is 11.5 Å². The van der Waals surface area contributed by atoms with Gasteiger partial charge in [-0.05, 0) is 60.5 Å². The Bertz CT molecular complexity index is 1920. The van der Waals surface area contributed by atoms with Gasteiger partial charge in [0.15, 0.2) is 23.1 Å². The third-order valence-corrected chi connectivity index (χ3v) is 9.56. The van der Waals surface area contributed by atoms with Gasteiger partial charge in [0.05, 0.1) is 17.0 Å². The van der Waals surface area contributed by atoms with Gasteiger partial charge >= 0.3 is 0 Å². The van der Waals surface area contributed by atoms with Gasteiger partial charge < -0.3 is 19.7 Å². The highest BCUT2D eigenvalue weighted by molar-refractivity contribution is 6.34. The monoisotopic (exact) mass is 588 g/mol. The molecule has 1 N–H and O–H groups in total. The fourth-order valence-electron chi connectivity index (χ4n) is 7.44. The van der Waals surface area contributed by atoms with E-state index in [-0.39, 0.29) is 29.3 Å². The van der Waals surface area contributed by atoms with Crippen molar-refractivity contribution >= 4 is 46.0 Å². The molecular formula is C35H25ClN2O5. The number of para-hydroxylation sites is 2.